The number of amides is 1. The van der Waals surface area contributed by atoms with Crippen LogP contribution in [0.1, 0.15) is 42.6 Å². The Hall–Kier alpha value is -1.93. The highest BCUT2D eigenvalue weighted by Crippen LogP contribution is 2.20. The molecule has 1 atom stereocenters. The number of hydrogen-bond donors (Lipinski definition) is 2. The van der Waals surface area contributed by atoms with Gasteiger partial charge in [0.05, 0.1) is 10.5 Å². The molecule has 1 aromatic carbocycles. The average Bonchev–Trinajstić information content (AvgIpc) is 3.31. The normalized spacial score (nSPS) is 15.6. The summed E-state index contributed by atoms with van der Waals surface area (Å²) in [7, 11) is -3.67. The van der Waals surface area contributed by atoms with Gasteiger partial charge in [-0.05, 0) is 44.4 Å². The van der Waals surface area contributed by atoms with Crippen LogP contribution in [0.25, 0.3) is 0 Å². The first kappa shape index (κ1) is 18.4. The zero-order valence-corrected chi connectivity index (χ0v) is 14.8. The standard InChI is InChI=1S/C16H22N2O5S/c1-4-17-24(21,22)13-8-5-10(2)14(9-13)16(20)23-11(3)15(19)18-12-6-7-12/h5,8-9,11-12,17H,4,6-7H2,1-3H3,(H,18,19). The van der Waals surface area contributed by atoms with Crippen molar-refractivity contribution in [3.8, 4) is 0 Å². The Kier molecular flexibility index (Phi) is 5.61. The van der Waals surface area contributed by atoms with Gasteiger partial charge in [-0.25, -0.2) is 17.9 Å². The van der Waals surface area contributed by atoms with Gasteiger partial charge in [-0.1, -0.05) is 13.0 Å². The topological polar surface area (TPSA) is 102 Å². The van der Waals surface area contributed by atoms with Gasteiger partial charge in [0, 0.05) is 12.6 Å². The molecule has 1 saturated carbocycles. The van der Waals surface area contributed by atoms with Crippen LogP contribution in [-0.2, 0) is 19.6 Å². The maximum Gasteiger partial charge on any atom is 0.339 e. The Bertz CT molecular complexity index is 741. The van der Waals surface area contributed by atoms with Crippen LogP contribution in [0.2, 0.25) is 0 Å². The van der Waals surface area contributed by atoms with E-state index in [1.54, 1.807) is 13.8 Å². The Morgan fingerprint density at radius 2 is 2.00 bits per heavy atom. The number of sulfonamides is 1. The van der Waals surface area contributed by atoms with E-state index in [0.29, 0.717) is 5.56 Å². The monoisotopic (exact) mass is 354 g/mol. The van der Waals surface area contributed by atoms with Crippen molar-refractivity contribution in [2.24, 2.45) is 0 Å². The molecule has 0 aromatic heterocycles. The van der Waals surface area contributed by atoms with E-state index in [1.165, 1.54) is 25.1 Å². The molecule has 132 valence electrons. The van der Waals surface area contributed by atoms with E-state index in [-0.39, 0.29) is 29.0 Å². The van der Waals surface area contributed by atoms with Crippen LogP contribution >= 0.6 is 0 Å². The van der Waals surface area contributed by atoms with Crippen molar-refractivity contribution in [2.75, 3.05) is 6.54 Å². The third kappa shape index (κ3) is 4.55. The molecular formula is C16H22N2O5S. The summed E-state index contributed by atoms with van der Waals surface area (Å²) in [6, 6.07) is 4.40. The summed E-state index contributed by atoms with van der Waals surface area (Å²) in [5, 5.41) is 2.76. The maximum atomic E-state index is 12.3. The molecule has 0 saturated heterocycles. The van der Waals surface area contributed by atoms with E-state index in [4.69, 9.17) is 4.74 Å². The molecule has 1 aliphatic carbocycles. The molecule has 2 N–H and O–H groups in total. The lowest BCUT2D eigenvalue weighted by Crippen LogP contribution is -2.37. The maximum absolute atomic E-state index is 12.3. The van der Waals surface area contributed by atoms with E-state index in [9.17, 15) is 18.0 Å². The number of benzene rings is 1. The number of carbonyl (C=O) groups is 2. The van der Waals surface area contributed by atoms with Crippen LogP contribution in [0, 0.1) is 6.92 Å². The van der Waals surface area contributed by atoms with Crippen molar-refractivity contribution >= 4 is 21.9 Å². The largest absolute Gasteiger partial charge is 0.449 e. The molecule has 0 aliphatic heterocycles. The number of aryl methyl sites for hydroxylation is 1. The van der Waals surface area contributed by atoms with Gasteiger partial charge in [0.1, 0.15) is 0 Å². The summed E-state index contributed by atoms with van der Waals surface area (Å²) < 4.78 is 31.6. The number of hydrogen-bond acceptors (Lipinski definition) is 5. The van der Waals surface area contributed by atoms with E-state index in [2.05, 4.69) is 10.0 Å². The Morgan fingerprint density at radius 3 is 2.58 bits per heavy atom. The second-order valence-corrected chi connectivity index (χ2v) is 7.58. The summed E-state index contributed by atoms with van der Waals surface area (Å²) in [6.45, 7) is 5.08. The second-order valence-electron chi connectivity index (χ2n) is 5.81. The van der Waals surface area contributed by atoms with Gasteiger partial charge < -0.3 is 10.1 Å². The molecule has 1 unspecified atom stereocenters. The highest BCUT2D eigenvalue weighted by Gasteiger charge is 2.28. The Morgan fingerprint density at radius 1 is 1.33 bits per heavy atom. The SMILES string of the molecule is CCNS(=O)(=O)c1ccc(C)c(C(=O)OC(C)C(=O)NC2CC2)c1. The highest BCUT2D eigenvalue weighted by molar-refractivity contribution is 7.89. The smallest absolute Gasteiger partial charge is 0.339 e. The van der Waals surface area contributed by atoms with Crippen molar-refractivity contribution in [2.45, 2.75) is 50.7 Å². The minimum Gasteiger partial charge on any atom is -0.449 e. The molecule has 24 heavy (non-hydrogen) atoms. The van der Waals surface area contributed by atoms with Gasteiger partial charge in [-0.2, -0.15) is 0 Å². The fraction of sp³-hybridized carbons (Fsp3) is 0.500. The molecule has 8 heteroatoms. The average molecular weight is 354 g/mol. The molecule has 0 radical (unpaired) electrons. The first-order valence-corrected chi connectivity index (χ1v) is 9.34. The molecule has 0 spiro atoms. The van der Waals surface area contributed by atoms with E-state index in [1.807, 2.05) is 0 Å². The van der Waals surface area contributed by atoms with Crippen LogP contribution in [-0.4, -0.2) is 39.0 Å². The summed E-state index contributed by atoms with van der Waals surface area (Å²) in [4.78, 5) is 24.1. The van der Waals surface area contributed by atoms with Crippen LogP contribution in [0.3, 0.4) is 0 Å². The predicted octanol–water partition coefficient (Wildman–Crippen LogP) is 1.12. The van der Waals surface area contributed by atoms with Crippen molar-refractivity contribution in [3.63, 3.8) is 0 Å². The van der Waals surface area contributed by atoms with Crippen LogP contribution in [0.15, 0.2) is 23.1 Å². The summed E-state index contributed by atoms with van der Waals surface area (Å²) in [5.41, 5.74) is 0.699. The van der Waals surface area contributed by atoms with Gasteiger partial charge in [0.15, 0.2) is 6.10 Å². The first-order chi connectivity index (χ1) is 11.2. The molecule has 0 bridgehead atoms. The molecule has 2 rings (SSSR count). The highest BCUT2D eigenvalue weighted by atomic mass is 32.2. The van der Waals surface area contributed by atoms with Gasteiger partial charge in [-0.3, -0.25) is 4.79 Å². The van der Waals surface area contributed by atoms with Crippen molar-refractivity contribution < 1.29 is 22.7 Å². The predicted molar refractivity (Wildman–Crippen MR) is 88.1 cm³/mol. The summed E-state index contributed by atoms with van der Waals surface area (Å²) >= 11 is 0. The van der Waals surface area contributed by atoms with Gasteiger partial charge in [0.25, 0.3) is 5.91 Å². The molecular weight excluding hydrogens is 332 g/mol. The molecule has 1 aromatic rings. The number of esters is 1. The van der Waals surface area contributed by atoms with Gasteiger partial charge in [-0.15, -0.1) is 0 Å². The zero-order valence-electron chi connectivity index (χ0n) is 14.0. The number of carbonyl (C=O) groups excluding carboxylic acids is 2. The van der Waals surface area contributed by atoms with Crippen LogP contribution in [0.4, 0.5) is 0 Å². The lowest BCUT2D eigenvalue weighted by atomic mass is 10.1. The summed E-state index contributed by atoms with van der Waals surface area (Å²) in [6.07, 6.45) is 0.942. The van der Waals surface area contributed by atoms with Crippen molar-refractivity contribution in [1.82, 2.24) is 10.0 Å². The molecule has 7 nitrogen and oxygen atoms in total. The minimum absolute atomic E-state index is 0.0167. The number of ether oxygens (including phenoxy) is 1. The molecule has 1 fully saturated rings. The fourth-order valence-corrected chi connectivity index (χ4v) is 3.15. The zero-order chi connectivity index (χ0) is 17.9. The van der Waals surface area contributed by atoms with Crippen LogP contribution in [0.5, 0.6) is 0 Å². The van der Waals surface area contributed by atoms with Gasteiger partial charge >= 0.3 is 5.97 Å². The lowest BCUT2D eigenvalue weighted by Gasteiger charge is -2.15. The van der Waals surface area contributed by atoms with Gasteiger partial charge in [0.2, 0.25) is 10.0 Å². The van der Waals surface area contributed by atoms with Crippen molar-refractivity contribution in [1.29, 1.82) is 0 Å². The first-order valence-electron chi connectivity index (χ1n) is 7.86. The third-order valence-electron chi connectivity index (χ3n) is 3.65. The molecule has 0 heterocycles. The van der Waals surface area contributed by atoms with Crippen molar-refractivity contribution in [3.05, 3.63) is 29.3 Å². The molecule has 1 aliphatic rings. The van der Waals surface area contributed by atoms with E-state index >= 15 is 0 Å². The fourth-order valence-electron chi connectivity index (χ4n) is 2.09. The lowest BCUT2D eigenvalue weighted by molar-refractivity contribution is -0.129. The van der Waals surface area contributed by atoms with Crippen LogP contribution < -0.4 is 10.0 Å². The van der Waals surface area contributed by atoms with E-state index < -0.39 is 22.1 Å². The minimum atomic E-state index is -3.67. The van der Waals surface area contributed by atoms with E-state index in [0.717, 1.165) is 12.8 Å². The third-order valence-corrected chi connectivity index (χ3v) is 5.19. The quantitative estimate of drug-likeness (QED) is 0.715. The Balaban J connectivity index is 2.14. The summed E-state index contributed by atoms with van der Waals surface area (Å²) in [5.74, 6) is -1.07. The number of nitrogens with one attached hydrogen (secondary N) is 2. The molecule has 1 amide bonds. The Labute approximate surface area is 141 Å². The number of rotatable bonds is 7. The second kappa shape index (κ2) is 7.31.